The molecule has 1 heteroatoms. The second-order valence-electron chi connectivity index (χ2n) is 3.29. The molecule has 1 fully saturated rings. The van der Waals surface area contributed by atoms with Crippen molar-refractivity contribution in [1.29, 1.82) is 0 Å². The fourth-order valence-electron chi connectivity index (χ4n) is 1.55. The zero-order valence-corrected chi connectivity index (χ0v) is 8.72. The molecule has 0 aromatic rings. The van der Waals surface area contributed by atoms with E-state index in [-0.39, 0.29) is 0 Å². The summed E-state index contributed by atoms with van der Waals surface area (Å²) in [5, 5.41) is 0. The molecule has 0 aliphatic carbocycles. The van der Waals surface area contributed by atoms with Crippen LogP contribution in [0, 0.1) is 0 Å². The first-order chi connectivity index (χ1) is 5.22. The van der Waals surface area contributed by atoms with Gasteiger partial charge in [-0.1, -0.05) is 20.3 Å². The van der Waals surface area contributed by atoms with Gasteiger partial charge in [-0.3, -0.25) is 0 Å². The van der Waals surface area contributed by atoms with Crippen LogP contribution in [0.15, 0.2) is 0 Å². The van der Waals surface area contributed by atoms with Crippen LogP contribution in [0.3, 0.4) is 0 Å². The summed E-state index contributed by atoms with van der Waals surface area (Å²) in [6, 6.07) is 1.63. The number of hydrogen-bond acceptors (Lipinski definition) is 1. The van der Waals surface area contributed by atoms with Crippen molar-refractivity contribution in [3.05, 3.63) is 0 Å². The van der Waals surface area contributed by atoms with E-state index < -0.39 is 0 Å². The van der Waals surface area contributed by atoms with Crippen LogP contribution in [0.4, 0.5) is 0 Å². The van der Waals surface area contributed by atoms with Crippen molar-refractivity contribution in [3.63, 3.8) is 0 Å². The maximum absolute atomic E-state index is 2.48. The molecule has 0 radical (unpaired) electrons. The Kier molecular flexibility index (Phi) is 5.57. The van der Waals surface area contributed by atoms with Crippen molar-refractivity contribution in [3.8, 4) is 0 Å². The molecule has 0 aromatic carbocycles. The third kappa shape index (κ3) is 3.24. The van der Waals surface area contributed by atoms with Crippen molar-refractivity contribution < 1.29 is 0 Å². The van der Waals surface area contributed by atoms with E-state index in [1.165, 1.54) is 19.3 Å². The average Bonchev–Trinajstić information content (AvgIpc) is 2.04. The summed E-state index contributed by atoms with van der Waals surface area (Å²) in [5.74, 6) is 0. The van der Waals surface area contributed by atoms with Gasteiger partial charge in [0.1, 0.15) is 0 Å². The van der Waals surface area contributed by atoms with Crippen LogP contribution in [0.5, 0.6) is 0 Å². The van der Waals surface area contributed by atoms with Gasteiger partial charge < -0.3 is 4.90 Å². The Hall–Kier alpha value is -0.0400. The molecule has 1 aliphatic rings. The molecule has 1 nitrogen and oxygen atoms in total. The lowest BCUT2D eigenvalue weighted by atomic mass is 9.99. The molecule has 1 aliphatic heterocycles. The Morgan fingerprint density at radius 2 is 1.36 bits per heavy atom. The summed E-state index contributed by atoms with van der Waals surface area (Å²) in [6.45, 7) is 8.63. The highest BCUT2D eigenvalue weighted by atomic mass is 15.2. The van der Waals surface area contributed by atoms with Gasteiger partial charge >= 0.3 is 0 Å². The van der Waals surface area contributed by atoms with E-state index in [4.69, 9.17) is 0 Å². The summed E-state index contributed by atoms with van der Waals surface area (Å²) in [6.07, 6.45) is 4.20. The number of piperidine rings is 1. The van der Waals surface area contributed by atoms with Gasteiger partial charge in [0.2, 0.25) is 0 Å². The van der Waals surface area contributed by atoms with E-state index in [1.807, 2.05) is 13.8 Å². The predicted molar refractivity (Wildman–Crippen MR) is 51.9 cm³/mol. The lowest BCUT2D eigenvalue weighted by Gasteiger charge is -2.35. The van der Waals surface area contributed by atoms with Crippen LogP contribution in [-0.2, 0) is 0 Å². The Balaban J connectivity index is 0.000000461. The van der Waals surface area contributed by atoms with E-state index in [0.29, 0.717) is 0 Å². The van der Waals surface area contributed by atoms with E-state index in [0.717, 1.165) is 12.1 Å². The third-order valence-electron chi connectivity index (χ3n) is 2.63. The Bertz CT molecular complexity index is 80.9. The molecule has 0 saturated carbocycles. The highest BCUT2D eigenvalue weighted by Crippen LogP contribution is 2.19. The number of hydrogen-bond donors (Lipinski definition) is 0. The van der Waals surface area contributed by atoms with Gasteiger partial charge in [0.25, 0.3) is 0 Å². The SMILES string of the molecule is CC.CC1CCCC(C)N1C. The summed E-state index contributed by atoms with van der Waals surface area (Å²) in [7, 11) is 2.23. The Morgan fingerprint density at radius 3 is 1.64 bits per heavy atom. The molecule has 1 heterocycles. The van der Waals surface area contributed by atoms with E-state index in [1.54, 1.807) is 0 Å². The first-order valence-electron chi connectivity index (χ1n) is 4.93. The van der Waals surface area contributed by atoms with Crippen molar-refractivity contribution in [1.82, 2.24) is 4.90 Å². The van der Waals surface area contributed by atoms with Crippen molar-refractivity contribution >= 4 is 0 Å². The lowest BCUT2D eigenvalue weighted by Crippen LogP contribution is -2.40. The van der Waals surface area contributed by atoms with Crippen LogP contribution in [0.25, 0.3) is 0 Å². The Labute approximate surface area is 71.8 Å². The zero-order valence-electron chi connectivity index (χ0n) is 8.72. The number of likely N-dealkylation sites (tertiary alicyclic amines) is 1. The zero-order chi connectivity index (χ0) is 8.85. The first-order valence-corrected chi connectivity index (χ1v) is 4.93. The molecule has 0 spiro atoms. The molecule has 2 atom stereocenters. The summed E-state index contributed by atoms with van der Waals surface area (Å²) >= 11 is 0. The largest absolute Gasteiger partial charge is 0.301 e. The molecule has 1 rings (SSSR count). The fourth-order valence-corrected chi connectivity index (χ4v) is 1.55. The maximum atomic E-state index is 2.48. The molecule has 1 saturated heterocycles. The lowest BCUT2D eigenvalue weighted by molar-refractivity contribution is 0.138. The molecule has 68 valence electrons. The topological polar surface area (TPSA) is 3.24 Å². The standard InChI is InChI=1S/C8H17N.C2H6/c1-7-5-4-6-8(2)9(7)3;1-2/h7-8H,4-6H2,1-3H3;1-2H3. The second-order valence-corrected chi connectivity index (χ2v) is 3.29. The first kappa shape index (κ1) is 11.0. The summed E-state index contributed by atoms with van der Waals surface area (Å²) < 4.78 is 0. The van der Waals surface area contributed by atoms with Crippen molar-refractivity contribution in [2.75, 3.05) is 7.05 Å². The highest BCUT2D eigenvalue weighted by Gasteiger charge is 2.19. The van der Waals surface area contributed by atoms with Crippen LogP contribution >= 0.6 is 0 Å². The van der Waals surface area contributed by atoms with Crippen LogP contribution in [-0.4, -0.2) is 24.0 Å². The molecule has 0 amide bonds. The smallest absolute Gasteiger partial charge is 0.00667 e. The number of rotatable bonds is 0. The van der Waals surface area contributed by atoms with Gasteiger partial charge in [-0.2, -0.15) is 0 Å². The summed E-state index contributed by atoms with van der Waals surface area (Å²) in [4.78, 5) is 2.48. The van der Waals surface area contributed by atoms with Crippen molar-refractivity contribution in [2.24, 2.45) is 0 Å². The highest BCUT2D eigenvalue weighted by molar-refractivity contribution is 4.75. The van der Waals surface area contributed by atoms with Gasteiger partial charge in [0, 0.05) is 12.1 Å². The molecular weight excluding hydrogens is 134 g/mol. The average molecular weight is 157 g/mol. The summed E-state index contributed by atoms with van der Waals surface area (Å²) in [5.41, 5.74) is 0. The van der Waals surface area contributed by atoms with Crippen molar-refractivity contribution in [2.45, 2.75) is 59.0 Å². The maximum Gasteiger partial charge on any atom is 0.00667 e. The molecular formula is C10H23N. The predicted octanol–water partition coefficient (Wildman–Crippen LogP) is 2.91. The molecule has 0 bridgehead atoms. The van der Waals surface area contributed by atoms with Crippen LogP contribution in [0.2, 0.25) is 0 Å². The molecule has 0 N–H and O–H groups in total. The van der Waals surface area contributed by atoms with E-state index in [9.17, 15) is 0 Å². The van der Waals surface area contributed by atoms with Crippen LogP contribution < -0.4 is 0 Å². The van der Waals surface area contributed by atoms with Crippen LogP contribution in [0.1, 0.15) is 47.0 Å². The minimum atomic E-state index is 0.814. The molecule has 11 heavy (non-hydrogen) atoms. The monoisotopic (exact) mass is 157 g/mol. The van der Waals surface area contributed by atoms with Gasteiger partial charge in [0.15, 0.2) is 0 Å². The van der Waals surface area contributed by atoms with Gasteiger partial charge in [-0.25, -0.2) is 0 Å². The minimum Gasteiger partial charge on any atom is -0.301 e. The quantitative estimate of drug-likeness (QED) is 0.522. The Morgan fingerprint density at radius 1 is 1.00 bits per heavy atom. The van der Waals surface area contributed by atoms with Gasteiger partial charge in [-0.05, 0) is 33.7 Å². The fraction of sp³-hybridized carbons (Fsp3) is 1.00. The van der Waals surface area contributed by atoms with E-state index >= 15 is 0 Å². The normalized spacial score (nSPS) is 32.5. The molecule has 0 aromatic heterocycles. The molecule has 2 unspecified atom stereocenters. The minimum absolute atomic E-state index is 0.814. The number of nitrogens with zero attached hydrogens (tertiary/aromatic N) is 1. The van der Waals surface area contributed by atoms with Gasteiger partial charge in [0.05, 0.1) is 0 Å². The third-order valence-corrected chi connectivity index (χ3v) is 2.63. The van der Waals surface area contributed by atoms with E-state index in [2.05, 4.69) is 25.8 Å². The second kappa shape index (κ2) is 5.59. The van der Waals surface area contributed by atoms with Gasteiger partial charge in [-0.15, -0.1) is 0 Å².